The Labute approximate surface area is 202 Å². The average Bonchev–Trinajstić information content (AvgIpc) is 3.45. The van der Waals surface area contributed by atoms with E-state index in [2.05, 4.69) is 0 Å². The molecular formula is C28H22O6S. The monoisotopic (exact) mass is 486 g/mol. The zero-order chi connectivity index (χ0) is 24.2. The Morgan fingerprint density at radius 3 is 2.03 bits per heavy atom. The molecule has 2 aliphatic heterocycles. The minimum Gasteiger partial charge on any atom is -0.508 e. The van der Waals surface area contributed by atoms with Gasteiger partial charge in [-0.15, -0.1) is 0 Å². The number of benzene rings is 4. The summed E-state index contributed by atoms with van der Waals surface area (Å²) in [6, 6.07) is 26.3. The molecule has 0 aliphatic carbocycles. The van der Waals surface area contributed by atoms with Crippen LogP contribution >= 0.6 is 0 Å². The predicted molar refractivity (Wildman–Crippen MR) is 134 cm³/mol. The van der Waals surface area contributed by atoms with E-state index in [9.17, 15) is 18.6 Å². The second-order valence-electron chi connectivity index (χ2n) is 8.79. The van der Waals surface area contributed by atoms with Crippen LogP contribution in [0.3, 0.4) is 0 Å². The predicted octanol–water partition coefficient (Wildman–Crippen LogP) is 5.11. The molecule has 3 atom stereocenters. The average molecular weight is 487 g/mol. The van der Waals surface area contributed by atoms with E-state index in [1.165, 1.54) is 0 Å². The molecule has 0 radical (unpaired) electrons. The van der Waals surface area contributed by atoms with E-state index in [0.29, 0.717) is 5.75 Å². The van der Waals surface area contributed by atoms with Gasteiger partial charge in [0.1, 0.15) is 28.6 Å². The number of aromatic hydroxyl groups is 2. The molecule has 0 amide bonds. The smallest absolute Gasteiger partial charge is 0.315 e. The van der Waals surface area contributed by atoms with Gasteiger partial charge in [-0.3, -0.25) is 0 Å². The molecule has 6 rings (SSSR count). The highest BCUT2D eigenvalue weighted by Crippen LogP contribution is 2.51. The van der Waals surface area contributed by atoms with Crippen molar-refractivity contribution in [3.05, 3.63) is 102 Å². The van der Waals surface area contributed by atoms with Crippen molar-refractivity contribution in [2.24, 2.45) is 0 Å². The van der Waals surface area contributed by atoms with Gasteiger partial charge < -0.3 is 19.1 Å². The molecule has 35 heavy (non-hydrogen) atoms. The van der Waals surface area contributed by atoms with Crippen molar-refractivity contribution < 1.29 is 27.6 Å². The van der Waals surface area contributed by atoms with E-state index in [1.54, 1.807) is 60.7 Å². The minimum atomic E-state index is -4.05. The van der Waals surface area contributed by atoms with Gasteiger partial charge in [-0.1, -0.05) is 60.7 Å². The van der Waals surface area contributed by atoms with E-state index < -0.39 is 27.6 Å². The Morgan fingerprint density at radius 1 is 0.743 bits per heavy atom. The summed E-state index contributed by atoms with van der Waals surface area (Å²) in [7, 11) is -4.05. The molecular weight excluding hydrogens is 464 g/mol. The Bertz CT molecular complexity index is 1550. The van der Waals surface area contributed by atoms with Crippen molar-refractivity contribution in [3.8, 4) is 17.2 Å². The first kappa shape index (κ1) is 21.7. The number of fused-ring (bicyclic) bond motifs is 3. The molecule has 0 aromatic heterocycles. The number of ether oxygens (including phenoxy) is 1. The number of phenols is 2. The highest BCUT2D eigenvalue weighted by atomic mass is 32.2. The fourth-order valence-corrected chi connectivity index (χ4v) is 6.52. The summed E-state index contributed by atoms with van der Waals surface area (Å²) < 4.78 is 39.1. The van der Waals surface area contributed by atoms with Gasteiger partial charge in [-0.05, 0) is 58.0 Å². The van der Waals surface area contributed by atoms with Gasteiger partial charge in [0.15, 0.2) is 0 Å². The van der Waals surface area contributed by atoms with Gasteiger partial charge in [0.25, 0.3) is 0 Å². The maximum Gasteiger partial charge on any atom is 0.315 e. The molecule has 4 aromatic rings. The Morgan fingerprint density at radius 2 is 1.34 bits per heavy atom. The SMILES string of the molecule is O=S(=O)(Oc1cccc2ccccc12)C1C[C@H]2O[C@@H]1C(c1ccc(O)cc1)=C2c1ccc(O)cc1. The summed E-state index contributed by atoms with van der Waals surface area (Å²) >= 11 is 0. The third kappa shape index (κ3) is 3.73. The number of rotatable bonds is 5. The van der Waals surface area contributed by atoms with Gasteiger partial charge >= 0.3 is 10.1 Å². The van der Waals surface area contributed by atoms with E-state index in [0.717, 1.165) is 33.0 Å². The standard InChI is InChI=1S/C28H22O6S/c29-20-12-8-18(9-13-20)26-24-16-25(28(33-24)27(26)19-10-14-21(30)15-11-19)35(31,32)34-23-7-3-5-17-4-1-2-6-22(17)23/h1-15,24-25,28-30H,16H2/t24-,25?,28+/m1/s1. The molecule has 0 spiro atoms. The van der Waals surface area contributed by atoms with Crippen LogP contribution in [-0.2, 0) is 14.9 Å². The summed E-state index contributed by atoms with van der Waals surface area (Å²) in [5, 5.41) is 20.2. The number of hydrogen-bond acceptors (Lipinski definition) is 6. The van der Waals surface area contributed by atoms with Crippen LogP contribution in [0.25, 0.3) is 21.9 Å². The zero-order valence-corrected chi connectivity index (χ0v) is 19.4. The fourth-order valence-electron chi connectivity index (χ4n) is 5.09. The summed E-state index contributed by atoms with van der Waals surface area (Å²) in [6.45, 7) is 0. The molecule has 1 fully saturated rings. The molecule has 6 nitrogen and oxygen atoms in total. The molecule has 2 heterocycles. The lowest BCUT2D eigenvalue weighted by molar-refractivity contribution is 0.128. The van der Waals surface area contributed by atoms with Crippen molar-refractivity contribution in [2.75, 3.05) is 0 Å². The van der Waals surface area contributed by atoms with Crippen LogP contribution in [0.4, 0.5) is 0 Å². The summed E-state index contributed by atoms with van der Waals surface area (Å²) in [4.78, 5) is 0. The highest BCUT2D eigenvalue weighted by molar-refractivity contribution is 7.87. The van der Waals surface area contributed by atoms with Crippen LogP contribution in [0.5, 0.6) is 17.2 Å². The number of phenolic OH excluding ortho intramolecular Hbond substituents is 2. The molecule has 2 aliphatic rings. The summed E-state index contributed by atoms with van der Waals surface area (Å²) in [5.74, 6) is 0.557. The minimum absolute atomic E-state index is 0.119. The van der Waals surface area contributed by atoms with Crippen molar-refractivity contribution >= 4 is 32.0 Å². The van der Waals surface area contributed by atoms with Crippen LogP contribution in [0.1, 0.15) is 17.5 Å². The van der Waals surface area contributed by atoms with Gasteiger partial charge in [-0.25, -0.2) is 0 Å². The third-order valence-corrected chi connectivity index (χ3v) is 8.27. The molecule has 2 N–H and O–H groups in total. The molecule has 1 unspecified atom stereocenters. The lowest BCUT2D eigenvalue weighted by Gasteiger charge is -2.25. The molecule has 0 saturated carbocycles. The lowest BCUT2D eigenvalue weighted by Crippen LogP contribution is -2.35. The van der Waals surface area contributed by atoms with Crippen LogP contribution in [0.2, 0.25) is 0 Å². The Hall–Kier alpha value is -3.81. The Balaban J connectivity index is 1.42. The van der Waals surface area contributed by atoms with Crippen molar-refractivity contribution in [1.82, 2.24) is 0 Å². The van der Waals surface area contributed by atoms with Crippen LogP contribution in [0.15, 0.2) is 91.0 Å². The van der Waals surface area contributed by atoms with E-state index in [-0.39, 0.29) is 17.9 Å². The second kappa shape index (κ2) is 8.15. The largest absolute Gasteiger partial charge is 0.508 e. The first-order chi connectivity index (χ1) is 16.9. The van der Waals surface area contributed by atoms with Gasteiger partial charge in [0.05, 0.1) is 6.10 Å². The van der Waals surface area contributed by atoms with E-state index in [1.807, 2.05) is 30.3 Å². The summed E-state index contributed by atoms with van der Waals surface area (Å²) in [6.07, 6.45) is -0.909. The van der Waals surface area contributed by atoms with Gasteiger partial charge in [0, 0.05) is 11.8 Å². The number of hydrogen-bond donors (Lipinski definition) is 2. The molecule has 4 aromatic carbocycles. The molecule has 176 valence electrons. The molecule has 1 saturated heterocycles. The first-order valence-corrected chi connectivity index (χ1v) is 12.8. The van der Waals surface area contributed by atoms with E-state index in [4.69, 9.17) is 8.92 Å². The lowest BCUT2D eigenvalue weighted by atomic mass is 9.83. The maximum absolute atomic E-state index is 13.6. The zero-order valence-electron chi connectivity index (χ0n) is 18.5. The van der Waals surface area contributed by atoms with Crippen molar-refractivity contribution in [3.63, 3.8) is 0 Å². The topological polar surface area (TPSA) is 93.1 Å². The Kier molecular flexibility index (Phi) is 5.05. The maximum atomic E-state index is 13.6. The quantitative estimate of drug-likeness (QED) is 0.381. The van der Waals surface area contributed by atoms with Gasteiger partial charge in [0.2, 0.25) is 0 Å². The molecule has 7 heteroatoms. The van der Waals surface area contributed by atoms with E-state index >= 15 is 0 Å². The normalized spacial score (nSPS) is 21.5. The van der Waals surface area contributed by atoms with Gasteiger partial charge in [-0.2, -0.15) is 8.42 Å². The fraction of sp³-hybridized carbons (Fsp3) is 0.143. The highest BCUT2D eigenvalue weighted by Gasteiger charge is 2.53. The van der Waals surface area contributed by atoms with Crippen LogP contribution in [0, 0.1) is 0 Å². The third-order valence-electron chi connectivity index (χ3n) is 6.67. The first-order valence-electron chi connectivity index (χ1n) is 11.3. The molecule has 2 bridgehead atoms. The van der Waals surface area contributed by atoms with Crippen LogP contribution < -0.4 is 4.18 Å². The summed E-state index contributed by atoms with van der Waals surface area (Å²) in [5.41, 5.74) is 3.26. The second-order valence-corrected chi connectivity index (χ2v) is 10.6. The van der Waals surface area contributed by atoms with Crippen LogP contribution in [-0.4, -0.2) is 36.1 Å². The van der Waals surface area contributed by atoms with Crippen molar-refractivity contribution in [1.29, 1.82) is 0 Å². The van der Waals surface area contributed by atoms with Crippen molar-refractivity contribution in [2.45, 2.75) is 23.9 Å².